The third kappa shape index (κ3) is 5.26. The summed E-state index contributed by atoms with van der Waals surface area (Å²) in [6, 6.07) is 9.40. The molecule has 26 heavy (non-hydrogen) atoms. The number of alkyl halides is 3. The molecular weight excluding hydrogens is 395 g/mol. The molecule has 3 atom stereocenters. The Labute approximate surface area is 170 Å². The van der Waals surface area contributed by atoms with Gasteiger partial charge < -0.3 is 15.0 Å². The Morgan fingerprint density at radius 1 is 1.15 bits per heavy atom. The van der Waals surface area contributed by atoms with E-state index >= 15 is 0 Å². The minimum Gasteiger partial charge on any atom is -0.354 e. The molecule has 144 valence electrons. The quantitative estimate of drug-likeness (QED) is 0.568. The molecule has 7 heteroatoms. The Morgan fingerprint density at radius 3 is 2.62 bits per heavy atom. The van der Waals surface area contributed by atoms with Gasteiger partial charge in [0.05, 0.1) is 6.61 Å². The summed E-state index contributed by atoms with van der Waals surface area (Å²) < 4.78 is 4.20. The van der Waals surface area contributed by atoms with Gasteiger partial charge in [-0.15, -0.1) is 0 Å². The molecule has 4 nitrogen and oxygen atoms in total. The molecule has 2 heterocycles. The van der Waals surface area contributed by atoms with Gasteiger partial charge in [0, 0.05) is 11.6 Å². The molecule has 0 bridgehead atoms. The molecule has 3 rings (SSSR count). The maximum Gasteiger partial charge on any atom is 0.253 e. The van der Waals surface area contributed by atoms with Crippen molar-refractivity contribution in [3.8, 4) is 0 Å². The van der Waals surface area contributed by atoms with E-state index in [-0.39, 0.29) is 5.91 Å². The number of amides is 1. The normalized spacial score (nSPS) is 25.3. The van der Waals surface area contributed by atoms with Crippen molar-refractivity contribution >= 4 is 40.7 Å². The minimum absolute atomic E-state index is 0.315. The van der Waals surface area contributed by atoms with Gasteiger partial charge in [-0.05, 0) is 56.8 Å². The first-order valence-electron chi connectivity index (χ1n) is 9.23. The van der Waals surface area contributed by atoms with Crippen LogP contribution in [0.2, 0.25) is 0 Å². The predicted molar refractivity (Wildman–Crippen MR) is 106 cm³/mol. The van der Waals surface area contributed by atoms with Crippen molar-refractivity contribution in [1.29, 1.82) is 0 Å². The van der Waals surface area contributed by atoms with Crippen LogP contribution in [0.25, 0.3) is 0 Å². The Balaban J connectivity index is 1.61. The molecule has 2 fully saturated rings. The van der Waals surface area contributed by atoms with Crippen molar-refractivity contribution in [2.24, 2.45) is 5.92 Å². The van der Waals surface area contributed by atoms with Gasteiger partial charge in [0.25, 0.3) is 5.91 Å². The second kappa shape index (κ2) is 9.11. The predicted octanol–water partition coefficient (Wildman–Crippen LogP) is 4.39. The van der Waals surface area contributed by atoms with Gasteiger partial charge in [0.1, 0.15) is 0 Å². The molecule has 0 saturated carbocycles. The molecule has 1 aromatic rings. The number of halogens is 3. The molecule has 0 spiro atoms. The van der Waals surface area contributed by atoms with E-state index in [1.54, 1.807) is 24.3 Å². The molecule has 1 N–H and O–H groups in total. The Bertz CT molecular complexity index is 592. The Hall–Kier alpha value is -0.520. The van der Waals surface area contributed by atoms with Crippen molar-refractivity contribution < 1.29 is 9.53 Å². The lowest BCUT2D eigenvalue weighted by molar-refractivity contribution is -0.0325. The highest BCUT2D eigenvalue weighted by molar-refractivity contribution is 6.68. The lowest BCUT2D eigenvalue weighted by Crippen LogP contribution is -2.51. The first-order valence-corrected chi connectivity index (χ1v) is 10.4. The molecule has 2 aliphatic heterocycles. The van der Waals surface area contributed by atoms with Crippen LogP contribution in [-0.4, -0.2) is 46.6 Å². The Morgan fingerprint density at radius 2 is 1.88 bits per heavy atom. The summed E-state index contributed by atoms with van der Waals surface area (Å²) in [6.07, 6.45) is 5.02. The fourth-order valence-corrected chi connectivity index (χ4v) is 4.35. The second-order valence-corrected chi connectivity index (χ2v) is 9.46. The van der Waals surface area contributed by atoms with Crippen molar-refractivity contribution in [3.63, 3.8) is 0 Å². The standard InChI is InChI=1S/C19H25Cl3N2O2/c20-19(21,22)18(23-17(25)14-7-2-1-3-8-14)26-13-15-9-6-12-24-11-5-4-10-16(15)24/h1-3,7-8,15-16,18H,4-6,9-13H2,(H,23,25). The summed E-state index contributed by atoms with van der Waals surface area (Å²) in [4.78, 5) is 15.0. The average Bonchev–Trinajstić information content (AvgIpc) is 2.64. The van der Waals surface area contributed by atoms with Gasteiger partial charge in [0.15, 0.2) is 6.23 Å². The first kappa shape index (κ1) is 20.2. The average molecular weight is 420 g/mol. The highest BCUT2D eigenvalue weighted by Crippen LogP contribution is 2.34. The molecule has 0 radical (unpaired) electrons. The number of carbonyl (C=O) groups excluding carboxylic acids is 1. The number of fused-ring (bicyclic) bond motifs is 1. The van der Waals surface area contributed by atoms with Crippen molar-refractivity contribution in [2.75, 3.05) is 19.7 Å². The molecular formula is C19H25Cl3N2O2. The third-order valence-electron chi connectivity index (χ3n) is 5.30. The molecule has 3 unspecified atom stereocenters. The van der Waals surface area contributed by atoms with Gasteiger partial charge in [-0.1, -0.05) is 59.4 Å². The van der Waals surface area contributed by atoms with Crippen LogP contribution in [-0.2, 0) is 4.74 Å². The minimum atomic E-state index is -1.73. The number of carbonyl (C=O) groups is 1. The summed E-state index contributed by atoms with van der Waals surface area (Å²) in [6.45, 7) is 2.81. The number of benzene rings is 1. The molecule has 2 saturated heterocycles. The Kier molecular flexibility index (Phi) is 7.09. The highest BCUT2D eigenvalue weighted by atomic mass is 35.6. The highest BCUT2D eigenvalue weighted by Gasteiger charge is 2.38. The monoisotopic (exact) mass is 418 g/mol. The maximum absolute atomic E-state index is 12.4. The number of ether oxygens (including phenoxy) is 1. The number of piperidine rings is 2. The number of nitrogens with zero attached hydrogens (tertiary/aromatic N) is 1. The van der Waals surface area contributed by atoms with Crippen molar-refractivity contribution in [2.45, 2.75) is 48.2 Å². The van der Waals surface area contributed by atoms with E-state index in [1.807, 2.05) is 6.07 Å². The van der Waals surface area contributed by atoms with Gasteiger partial charge in [-0.25, -0.2) is 0 Å². The molecule has 0 aliphatic carbocycles. The fraction of sp³-hybridized carbons (Fsp3) is 0.632. The van der Waals surface area contributed by atoms with Gasteiger partial charge >= 0.3 is 0 Å². The second-order valence-electron chi connectivity index (χ2n) is 7.10. The molecule has 2 aliphatic rings. The zero-order valence-corrected chi connectivity index (χ0v) is 16.9. The van der Waals surface area contributed by atoms with Gasteiger partial charge in [0.2, 0.25) is 3.79 Å². The lowest BCUT2D eigenvalue weighted by atomic mass is 9.84. The van der Waals surface area contributed by atoms with Crippen LogP contribution in [0, 0.1) is 5.92 Å². The molecule has 0 aromatic heterocycles. The van der Waals surface area contributed by atoms with Crippen LogP contribution in [0.4, 0.5) is 0 Å². The summed E-state index contributed by atoms with van der Waals surface area (Å²) in [7, 11) is 0. The SMILES string of the molecule is O=C(NC(OCC1CCCN2CCCCC12)C(Cl)(Cl)Cl)c1ccccc1. The van der Waals surface area contributed by atoms with E-state index in [1.165, 1.54) is 38.8 Å². The van der Waals surface area contributed by atoms with E-state index in [9.17, 15) is 4.79 Å². The van der Waals surface area contributed by atoms with Crippen LogP contribution in [0.1, 0.15) is 42.5 Å². The topological polar surface area (TPSA) is 41.6 Å². The van der Waals surface area contributed by atoms with Crippen LogP contribution >= 0.6 is 34.8 Å². The summed E-state index contributed by atoms with van der Waals surface area (Å²) >= 11 is 18.2. The maximum atomic E-state index is 12.4. The number of hydrogen-bond acceptors (Lipinski definition) is 3. The smallest absolute Gasteiger partial charge is 0.253 e. The van der Waals surface area contributed by atoms with Crippen LogP contribution < -0.4 is 5.32 Å². The summed E-state index contributed by atoms with van der Waals surface area (Å²) in [5, 5.41) is 2.71. The molecule has 1 amide bonds. The number of nitrogens with one attached hydrogen (secondary N) is 1. The van der Waals surface area contributed by atoms with Crippen LogP contribution in [0.15, 0.2) is 30.3 Å². The van der Waals surface area contributed by atoms with E-state index in [4.69, 9.17) is 39.5 Å². The van der Waals surface area contributed by atoms with Crippen LogP contribution in [0.3, 0.4) is 0 Å². The zero-order valence-electron chi connectivity index (χ0n) is 14.7. The third-order valence-corrected chi connectivity index (χ3v) is 5.90. The van der Waals surface area contributed by atoms with E-state index < -0.39 is 10.0 Å². The van der Waals surface area contributed by atoms with E-state index in [0.29, 0.717) is 24.1 Å². The lowest BCUT2D eigenvalue weighted by Gasteiger charge is -2.44. The van der Waals surface area contributed by atoms with E-state index in [2.05, 4.69) is 10.2 Å². The first-order chi connectivity index (χ1) is 12.4. The number of rotatable bonds is 5. The van der Waals surface area contributed by atoms with Crippen molar-refractivity contribution in [1.82, 2.24) is 10.2 Å². The van der Waals surface area contributed by atoms with Gasteiger partial charge in [-0.3, -0.25) is 4.79 Å². The van der Waals surface area contributed by atoms with Crippen LogP contribution in [0.5, 0.6) is 0 Å². The van der Waals surface area contributed by atoms with Crippen molar-refractivity contribution in [3.05, 3.63) is 35.9 Å². The van der Waals surface area contributed by atoms with Gasteiger partial charge in [-0.2, -0.15) is 0 Å². The molecule has 1 aromatic carbocycles. The summed E-state index contributed by atoms with van der Waals surface area (Å²) in [5.74, 6) is 0.0948. The largest absolute Gasteiger partial charge is 0.354 e. The fourth-order valence-electron chi connectivity index (χ4n) is 4.00. The summed E-state index contributed by atoms with van der Waals surface area (Å²) in [5.41, 5.74) is 0.506. The van der Waals surface area contributed by atoms with E-state index in [0.717, 1.165) is 6.42 Å². The number of hydrogen-bond donors (Lipinski definition) is 1. The zero-order chi connectivity index (χ0) is 18.6.